The first kappa shape index (κ1) is 13.4. The Morgan fingerprint density at radius 3 is 2.33 bits per heavy atom. The van der Waals surface area contributed by atoms with Gasteiger partial charge in [0.15, 0.2) is 0 Å². The zero-order valence-corrected chi connectivity index (χ0v) is 11.1. The highest BCUT2D eigenvalue weighted by Crippen LogP contribution is 2.48. The summed E-state index contributed by atoms with van der Waals surface area (Å²) in [5, 5.41) is 12.2. The molecule has 0 aromatic rings. The lowest BCUT2D eigenvalue weighted by molar-refractivity contribution is -0.149. The van der Waals surface area contributed by atoms with Gasteiger partial charge in [0, 0.05) is 6.54 Å². The van der Waals surface area contributed by atoms with Crippen LogP contribution < -0.4 is 5.32 Å². The van der Waals surface area contributed by atoms with E-state index in [9.17, 15) is 9.59 Å². The Kier molecular flexibility index (Phi) is 3.93. The lowest BCUT2D eigenvalue weighted by Crippen LogP contribution is -2.41. The minimum Gasteiger partial charge on any atom is -0.481 e. The fourth-order valence-electron chi connectivity index (χ4n) is 2.98. The number of hydrogen-bond acceptors (Lipinski definition) is 2. The van der Waals surface area contributed by atoms with Crippen LogP contribution in [0.3, 0.4) is 0 Å². The summed E-state index contributed by atoms with van der Waals surface area (Å²) < 4.78 is 0. The number of hydrogen-bond donors (Lipinski definition) is 2. The molecule has 2 rings (SSSR count). The summed E-state index contributed by atoms with van der Waals surface area (Å²) in [7, 11) is 0. The Labute approximate surface area is 108 Å². The second kappa shape index (κ2) is 5.29. The molecule has 2 fully saturated rings. The van der Waals surface area contributed by atoms with Crippen LogP contribution in [-0.4, -0.2) is 23.5 Å². The highest BCUT2D eigenvalue weighted by Gasteiger charge is 2.42. The smallest absolute Gasteiger partial charge is 0.307 e. The molecule has 0 radical (unpaired) electrons. The quantitative estimate of drug-likeness (QED) is 0.789. The standard InChI is InChI=1S/C14H23NO3/c1-2-14(7-8-14)9-15-12(16)10-5-3-4-6-11(10)13(17)18/h10-11H,2-9H2,1H3,(H,15,16)(H,17,18). The van der Waals surface area contributed by atoms with E-state index < -0.39 is 11.9 Å². The maximum absolute atomic E-state index is 12.1. The van der Waals surface area contributed by atoms with Crippen LogP contribution >= 0.6 is 0 Å². The highest BCUT2D eigenvalue weighted by atomic mass is 16.4. The number of carbonyl (C=O) groups excluding carboxylic acids is 1. The summed E-state index contributed by atoms with van der Waals surface area (Å²) in [5.41, 5.74) is 0.322. The first-order valence-electron chi connectivity index (χ1n) is 7.08. The Balaban J connectivity index is 1.88. The Morgan fingerprint density at radius 1 is 1.22 bits per heavy atom. The third-order valence-electron chi connectivity index (χ3n) is 4.76. The zero-order valence-electron chi connectivity index (χ0n) is 11.1. The maximum atomic E-state index is 12.1. The van der Waals surface area contributed by atoms with Gasteiger partial charge in [0.2, 0.25) is 5.91 Å². The molecule has 2 N–H and O–H groups in total. The molecule has 0 spiro atoms. The maximum Gasteiger partial charge on any atom is 0.307 e. The molecule has 2 saturated carbocycles. The third kappa shape index (κ3) is 2.85. The van der Waals surface area contributed by atoms with Crippen LogP contribution in [0.2, 0.25) is 0 Å². The van der Waals surface area contributed by atoms with E-state index in [2.05, 4.69) is 12.2 Å². The van der Waals surface area contributed by atoms with Crippen molar-refractivity contribution in [3.05, 3.63) is 0 Å². The van der Waals surface area contributed by atoms with Crippen molar-refractivity contribution >= 4 is 11.9 Å². The van der Waals surface area contributed by atoms with Crippen LogP contribution in [0, 0.1) is 17.3 Å². The van der Waals surface area contributed by atoms with Crippen molar-refractivity contribution in [3.63, 3.8) is 0 Å². The Bertz CT molecular complexity index is 336. The van der Waals surface area contributed by atoms with Crippen LogP contribution in [0.5, 0.6) is 0 Å². The summed E-state index contributed by atoms with van der Waals surface area (Å²) in [6.07, 6.45) is 6.75. The molecule has 4 heteroatoms. The van der Waals surface area contributed by atoms with Gasteiger partial charge in [-0.25, -0.2) is 0 Å². The van der Waals surface area contributed by atoms with Gasteiger partial charge < -0.3 is 10.4 Å². The van der Waals surface area contributed by atoms with Crippen molar-refractivity contribution in [2.75, 3.05) is 6.54 Å². The van der Waals surface area contributed by atoms with Gasteiger partial charge in [0.1, 0.15) is 0 Å². The Hall–Kier alpha value is -1.06. The number of nitrogens with one attached hydrogen (secondary N) is 1. The molecule has 0 aliphatic heterocycles. The van der Waals surface area contributed by atoms with Crippen molar-refractivity contribution in [2.45, 2.75) is 51.9 Å². The van der Waals surface area contributed by atoms with E-state index in [4.69, 9.17) is 5.11 Å². The van der Waals surface area contributed by atoms with Gasteiger partial charge >= 0.3 is 5.97 Å². The van der Waals surface area contributed by atoms with Crippen LogP contribution in [0.15, 0.2) is 0 Å². The average molecular weight is 253 g/mol. The van der Waals surface area contributed by atoms with E-state index in [1.54, 1.807) is 0 Å². The number of rotatable bonds is 5. The first-order valence-corrected chi connectivity index (χ1v) is 7.08. The van der Waals surface area contributed by atoms with Crippen molar-refractivity contribution in [1.29, 1.82) is 0 Å². The molecule has 102 valence electrons. The van der Waals surface area contributed by atoms with Gasteiger partial charge in [-0.3, -0.25) is 9.59 Å². The number of carboxylic acids is 1. The number of amides is 1. The molecule has 2 unspecified atom stereocenters. The molecular formula is C14H23NO3. The largest absolute Gasteiger partial charge is 0.481 e. The molecule has 0 heterocycles. The number of aliphatic carboxylic acids is 1. The second-order valence-corrected chi connectivity index (χ2v) is 5.91. The molecule has 0 aromatic carbocycles. The van der Waals surface area contributed by atoms with Gasteiger partial charge in [0.25, 0.3) is 0 Å². The molecule has 0 aromatic heterocycles. The van der Waals surface area contributed by atoms with E-state index in [0.29, 0.717) is 11.8 Å². The van der Waals surface area contributed by atoms with E-state index in [0.717, 1.165) is 32.2 Å². The van der Waals surface area contributed by atoms with Crippen molar-refractivity contribution in [3.8, 4) is 0 Å². The molecule has 2 atom stereocenters. The lowest BCUT2D eigenvalue weighted by Gasteiger charge is -2.28. The van der Waals surface area contributed by atoms with Gasteiger partial charge in [0.05, 0.1) is 11.8 Å². The summed E-state index contributed by atoms with van der Waals surface area (Å²) in [4.78, 5) is 23.3. The van der Waals surface area contributed by atoms with Crippen LogP contribution in [0.1, 0.15) is 51.9 Å². The predicted octanol–water partition coefficient (Wildman–Crippen LogP) is 2.18. The fourth-order valence-corrected chi connectivity index (χ4v) is 2.98. The molecule has 0 bridgehead atoms. The molecule has 1 amide bonds. The monoisotopic (exact) mass is 253 g/mol. The summed E-state index contributed by atoms with van der Waals surface area (Å²) in [6, 6.07) is 0. The topological polar surface area (TPSA) is 66.4 Å². The summed E-state index contributed by atoms with van der Waals surface area (Å²) in [6.45, 7) is 2.88. The molecular weight excluding hydrogens is 230 g/mol. The predicted molar refractivity (Wildman–Crippen MR) is 68.1 cm³/mol. The first-order chi connectivity index (χ1) is 8.58. The van der Waals surface area contributed by atoms with Gasteiger partial charge in [-0.05, 0) is 37.5 Å². The van der Waals surface area contributed by atoms with Crippen LogP contribution in [-0.2, 0) is 9.59 Å². The summed E-state index contributed by atoms with van der Waals surface area (Å²) in [5.74, 6) is -1.65. The van der Waals surface area contributed by atoms with E-state index >= 15 is 0 Å². The van der Waals surface area contributed by atoms with Crippen molar-refractivity contribution in [1.82, 2.24) is 5.32 Å². The minimum atomic E-state index is -0.813. The highest BCUT2D eigenvalue weighted by molar-refractivity contribution is 5.84. The van der Waals surface area contributed by atoms with Crippen LogP contribution in [0.4, 0.5) is 0 Å². The second-order valence-electron chi connectivity index (χ2n) is 5.91. The third-order valence-corrected chi connectivity index (χ3v) is 4.76. The Morgan fingerprint density at radius 2 is 1.83 bits per heavy atom. The molecule has 18 heavy (non-hydrogen) atoms. The number of carbonyl (C=O) groups is 2. The normalized spacial score (nSPS) is 29.6. The van der Waals surface area contributed by atoms with E-state index in [-0.39, 0.29) is 11.8 Å². The molecule has 4 nitrogen and oxygen atoms in total. The zero-order chi connectivity index (χ0) is 13.2. The van der Waals surface area contributed by atoms with E-state index in [1.807, 2.05) is 0 Å². The lowest BCUT2D eigenvalue weighted by atomic mass is 9.78. The average Bonchev–Trinajstić information content (AvgIpc) is 3.16. The molecule has 2 aliphatic rings. The number of carboxylic acid groups (broad SMARTS) is 1. The van der Waals surface area contributed by atoms with E-state index in [1.165, 1.54) is 12.8 Å². The van der Waals surface area contributed by atoms with Gasteiger partial charge in [-0.2, -0.15) is 0 Å². The molecule has 0 saturated heterocycles. The molecule has 2 aliphatic carbocycles. The van der Waals surface area contributed by atoms with Gasteiger partial charge in [-0.15, -0.1) is 0 Å². The summed E-state index contributed by atoms with van der Waals surface area (Å²) >= 11 is 0. The van der Waals surface area contributed by atoms with Crippen molar-refractivity contribution in [2.24, 2.45) is 17.3 Å². The van der Waals surface area contributed by atoms with Crippen LogP contribution in [0.25, 0.3) is 0 Å². The van der Waals surface area contributed by atoms with Gasteiger partial charge in [-0.1, -0.05) is 19.8 Å². The van der Waals surface area contributed by atoms with Crippen molar-refractivity contribution < 1.29 is 14.7 Å². The fraction of sp³-hybridized carbons (Fsp3) is 0.857. The SMILES string of the molecule is CCC1(CNC(=O)C2CCCCC2C(=O)O)CC1. The minimum absolute atomic E-state index is 0.0400.